The van der Waals surface area contributed by atoms with Crippen LogP contribution in [0.15, 0.2) is 24.3 Å². The van der Waals surface area contributed by atoms with Gasteiger partial charge in [0, 0.05) is 6.92 Å². The maximum Gasteiger partial charge on any atom is 0.337 e. The van der Waals surface area contributed by atoms with E-state index in [9.17, 15) is 9.70 Å². The van der Waals surface area contributed by atoms with Crippen molar-refractivity contribution >= 4 is 11.7 Å². The van der Waals surface area contributed by atoms with Gasteiger partial charge in [-0.3, -0.25) is 0 Å². The van der Waals surface area contributed by atoms with Gasteiger partial charge in [-0.15, -0.1) is 0 Å². The minimum Gasteiger partial charge on any atom is -0.478 e. The summed E-state index contributed by atoms with van der Waals surface area (Å²) in [6.45, 7) is 1.92. The second-order valence-electron chi connectivity index (χ2n) is 2.78. The highest BCUT2D eigenvalue weighted by atomic mass is 16.4. The molecule has 80 valence electrons. The number of nitroso groups, excluding NO2 is 1. The monoisotopic (exact) mass is 210 g/mol. The zero-order chi connectivity index (χ0) is 11.3. The molecular weight excluding hydrogens is 198 g/mol. The number of hydrogen-bond acceptors (Lipinski definition) is 3. The first-order valence-corrected chi connectivity index (χ1v) is 4.43. The number of aromatic carboxylic acids is 1. The van der Waals surface area contributed by atoms with Crippen molar-refractivity contribution in [2.75, 3.05) is 12.0 Å². The SMILES string of the molecule is CC[N+](=O)NNc1ccccc1C(=O)O. The molecule has 0 aliphatic rings. The molecule has 0 heterocycles. The maximum atomic E-state index is 10.9. The molecule has 0 aliphatic heterocycles. The third-order valence-electron chi connectivity index (χ3n) is 1.76. The maximum absolute atomic E-state index is 10.9. The van der Waals surface area contributed by atoms with Crippen molar-refractivity contribution in [2.45, 2.75) is 6.92 Å². The molecule has 0 fully saturated rings. The van der Waals surface area contributed by atoms with Crippen LogP contribution in [0.25, 0.3) is 0 Å². The molecule has 1 rings (SSSR count). The zero-order valence-electron chi connectivity index (χ0n) is 8.23. The van der Waals surface area contributed by atoms with Crippen LogP contribution < -0.4 is 11.0 Å². The van der Waals surface area contributed by atoms with Gasteiger partial charge in [0.1, 0.15) is 4.87 Å². The molecule has 0 radical (unpaired) electrons. The Balaban J connectivity index is 2.76. The van der Waals surface area contributed by atoms with Crippen LogP contribution in [0.4, 0.5) is 5.69 Å². The van der Waals surface area contributed by atoms with E-state index in [0.717, 1.165) is 0 Å². The summed E-state index contributed by atoms with van der Waals surface area (Å²) >= 11 is 0. The Morgan fingerprint density at radius 1 is 1.47 bits per heavy atom. The molecule has 0 amide bonds. The first-order valence-electron chi connectivity index (χ1n) is 4.43. The van der Waals surface area contributed by atoms with E-state index < -0.39 is 5.97 Å². The molecule has 0 spiro atoms. The van der Waals surface area contributed by atoms with E-state index in [4.69, 9.17) is 5.11 Å². The fraction of sp³-hybridized carbons (Fsp3) is 0.222. The topological polar surface area (TPSA) is 81.4 Å². The third kappa shape index (κ3) is 2.94. The largest absolute Gasteiger partial charge is 0.478 e. The van der Waals surface area contributed by atoms with E-state index in [1.54, 1.807) is 25.1 Å². The Labute approximate surface area is 86.4 Å². The number of anilines is 1. The first kappa shape index (κ1) is 11.0. The van der Waals surface area contributed by atoms with Crippen LogP contribution in [0.1, 0.15) is 17.3 Å². The minimum atomic E-state index is -1.05. The van der Waals surface area contributed by atoms with Crippen LogP contribution in [0.2, 0.25) is 0 Å². The Morgan fingerprint density at radius 2 is 2.13 bits per heavy atom. The summed E-state index contributed by atoms with van der Waals surface area (Å²) in [5, 5.41) is 8.83. The number of rotatable bonds is 5. The molecule has 0 unspecified atom stereocenters. The van der Waals surface area contributed by atoms with Gasteiger partial charge in [0.25, 0.3) is 0 Å². The molecule has 1 aromatic carbocycles. The van der Waals surface area contributed by atoms with Gasteiger partial charge in [0.15, 0.2) is 0 Å². The minimum absolute atomic E-state index is 0.106. The Bertz CT molecular complexity index is 379. The molecule has 0 aromatic heterocycles. The number of carbonyl (C=O) groups is 1. The summed E-state index contributed by atoms with van der Waals surface area (Å²) in [7, 11) is 0. The van der Waals surface area contributed by atoms with Gasteiger partial charge in [0.2, 0.25) is 6.54 Å². The lowest BCUT2D eigenvalue weighted by atomic mass is 10.2. The predicted molar refractivity (Wildman–Crippen MR) is 54.3 cm³/mol. The van der Waals surface area contributed by atoms with E-state index in [1.807, 2.05) is 0 Å². The fourth-order valence-corrected chi connectivity index (χ4v) is 0.980. The molecule has 0 saturated carbocycles. The Hall–Kier alpha value is -2.11. The van der Waals surface area contributed by atoms with Crippen molar-refractivity contribution in [3.05, 3.63) is 34.7 Å². The highest BCUT2D eigenvalue weighted by Crippen LogP contribution is 2.13. The van der Waals surface area contributed by atoms with Crippen molar-refractivity contribution < 1.29 is 14.8 Å². The van der Waals surface area contributed by atoms with Crippen molar-refractivity contribution in [3.63, 3.8) is 0 Å². The summed E-state index contributed by atoms with van der Waals surface area (Å²) in [5.41, 5.74) is 5.29. The molecule has 15 heavy (non-hydrogen) atoms. The van der Waals surface area contributed by atoms with Gasteiger partial charge in [-0.1, -0.05) is 17.7 Å². The first-order chi connectivity index (χ1) is 7.15. The summed E-state index contributed by atoms with van der Waals surface area (Å²) in [6.07, 6.45) is 0. The molecule has 6 nitrogen and oxygen atoms in total. The molecule has 0 aliphatic carbocycles. The van der Waals surface area contributed by atoms with Crippen LogP contribution in [0.5, 0.6) is 0 Å². The van der Waals surface area contributed by atoms with Crippen molar-refractivity contribution in [1.29, 1.82) is 0 Å². The lowest BCUT2D eigenvalue weighted by Crippen LogP contribution is -2.32. The molecule has 0 bridgehead atoms. The molecule has 6 heteroatoms. The van der Waals surface area contributed by atoms with E-state index in [2.05, 4.69) is 11.0 Å². The molecular formula is C9H12N3O3+. The number of para-hydroxylation sites is 1. The predicted octanol–water partition coefficient (Wildman–Crippen LogP) is 1.02. The van der Waals surface area contributed by atoms with Crippen LogP contribution in [0, 0.1) is 4.91 Å². The summed E-state index contributed by atoms with van der Waals surface area (Å²) < 4.78 is 0. The average molecular weight is 210 g/mol. The smallest absolute Gasteiger partial charge is 0.337 e. The molecule has 3 N–H and O–H groups in total. The number of hydrogen-bond donors (Lipinski definition) is 3. The quantitative estimate of drug-likeness (QED) is 0.499. The molecule has 0 atom stereocenters. The number of nitrogens with one attached hydrogen (secondary N) is 2. The Kier molecular flexibility index (Phi) is 3.61. The third-order valence-corrected chi connectivity index (χ3v) is 1.76. The lowest BCUT2D eigenvalue weighted by molar-refractivity contribution is -0.599. The van der Waals surface area contributed by atoms with E-state index in [0.29, 0.717) is 10.6 Å². The van der Waals surface area contributed by atoms with Crippen LogP contribution in [0.3, 0.4) is 0 Å². The average Bonchev–Trinajstić information content (AvgIpc) is 2.26. The van der Waals surface area contributed by atoms with Gasteiger partial charge in [-0.05, 0) is 12.1 Å². The summed E-state index contributed by atoms with van der Waals surface area (Å²) in [6, 6.07) is 6.31. The number of carboxylic acids is 1. The molecule has 0 saturated heterocycles. The van der Waals surface area contributed by atoms with Crippen molar-refractivity contribution in [2.24, 2.45) is 0 Å². The van der Waals surface area contributed by atoms with E-state index in [1.165, 1.54) is 6.07 Å². The Morgan fingerprint density at radius 3 is 2.73 bits per heavy atom. The van der Waals surface area contributed by atoms with Gasteiger partial charge in [-0.2, -0.15) is 0 Å². The zero-order valence-corrected chi connectivity index (χ0v) is 8.23. The second-order valence-corrected chi connectivity index (χ2v) is 2.78. The highest BCUT2D eigenvalue weighted by Gasteiger charge is 2.10. The van der Waals surface area contributed by atoms with Gasteiger partial charge < -0.3 is 5.11 Å². The second kappa shape index (κ2) is 4.94. The fourth-order valence-electron chi connectivity index (χ4n) is 0.980. The van der Waals surface area contributed by atoms with Gasteiger partial charge in [-0.25, -0.2) is 10.2 Å². The van der Waals surface area contributed by atoms with Crippen LogP contribution >= 0.6 is 0 Å². The van der Waals surface area contributed by atoms with Crippen LogP contribution in [-0.2, 0) is 0 Å². The standard InChI is InChI=1S/C9H11N3O3/c1-2-12(15)11-10-8-6-4-3-5-7(8)9(13)14/h3-6,10H,2H2,1H3,(H-,11,13,14,15)/p+1. The highest BCUT2D eigenvalue weighted by molar-refractivity contribution is 5.93. The molecule has 1 aromatic rings. The summed E-state index contributed by atoms with van der Waals surface area (Å²) in [5.74, 6) is -1.05. The van der Waals surface area contributed by atoms with E-state index >= 15 is 0 Å². The normalized spacial score (nSPS) is 9.40. The lowest BCUT2D eigenvalue weighted by Gasteiger charge is -2.05. The van der Waals surface area contributed by atoms with E-state index in [-0.39, 0.29) is 12.1 Å². The van der Waals surface area contributed by atoms with Crippen LogP contribution in [-0.4, -0.2) is 22.5 Å². The van der Waals surface area contributed by atoms with Gasteiger partial charge in [0.05, 0.1) is 16.2 Å². The number of nitrogens with zero attached hydrogens (tertiary/aromatic N) is 1. The van der Waals surface area contributed by atoms with Crippen molar-refractivity contribution in [1.82, 2.24) is 5.53 Å². The number of benzene rings is 1. The van der Waals surface area contributed by atoms with Gasteiger partial charge >= 0.3 is 5.97 Å². The van der Waals surface area contributed by atoms with Crippen molar-refractivity contribution in [3.8, 4) is 0 Å². The summed E-state index contributed by atoms with van der Waals surface area (Å²) in [4.78, 5) is 22.2. The number of carboxylic acid groups (broad SMARTS) is 1. The number of hydrazine groups is 2.